The van der Waals surface area contributed by atoms with Crippen LogP contribution in [0.5, 0.6) is 5.75 Å². The van der Waals surface area contributed by atoms with Crippen molar-refractivity contribution in [2.75, 3.05) is 26.2 Å². The zero-order valence-corrected chi connectivity index (χ0v) is 9.94. The SMILES string of the molecule is N[C@H]1CCN(CCCOc2ccc(F)cc2)C1. The molecule has 0 spiro atoms. The Bertz CT molecular complexity index is 342. The van der Waals surface area contributed by atoms with E-state index < -0.39 is 0 Å². The highest BCUT2D eigenvalue weighted by Crippen LogP contribution is 2.12. The van der Waals surface area contributed by atoms with Gasteiger partial charge in [-0.15, -0.1) is 0 Å². The molecule has 1 aromatic rings. The lowest BCUT2D eigenvalue weighted by atomic mass is 10.3. The summed E-state index contributed by atoms with van der Waals surface area (Å²) in [6, 6.07) is 6.47. The van der Waals surface area contributed by atoms with Crippen molar-refractivity contribution in [1.82, 2.24) is 4.90 Å². The number of benzene rings is 1. The van der Waals surface area contributed by atoms with Crippen LogP contribution in [0.25, 0.3) is 0 Å². The van der Waals surface area contributed by atoms with Gasteiger partial charge in [0, 0.05) is 19.1 Å². The first kappa shape index (κ1) is 12.3. The number of rotatable bonds is 5. The molecule has 0 bridgehead atoms. The van der Waals surface area contributed by atoms with Crippen molar-refractivity contribution < 1.29 is 9.13 Å². The second kappa shape index (κ2) is 5.98. The average molecular weight is 238 g/mol. The molecule has 0 aromatic heterocycles. The maximum Gasteiger partial charge on any atom is 0.123 e. The molecule has 2 rings (SSSR count). The molecule has 17 heavy (non-hydrogen) atoms. The van der Waals surface area contributed by atoms with Gasteiger partial charge < -0.3 is 15.4 Å². The van der Waals surface area contributed by atoms with Crippen molar-refractivity contribution in [2.24, 2.45) is 5.73 Å². The summed E-state index contributed by atoms with van der Waals surface area (Å²) in [6.07, 6.45) is 2.07. The molecular formula is C13H19FN2O. The molecule has 1 saturated heterocycles. The summed E-state index contributed by atoms with van der Waals surface area (Å²) in [5, 5.41) is 0. The molecule has 1 aliphatic heterocycles. The van der Waals surface area contributed by atoms with E-state index in [1.54, 1.807) is 12.1 Å². The van der Waals surface area contributed by atoms with Gasteiger partial charge in [-0.2, -0.15) is 0 Å². The van der Waals surface area contributed by atoms with E-state index in [0.717, 1.165) is 38.2 Å². The standard InChI is InChI=1S/C13H19FN2O/c14-11-2-4-13(5-3-11)17-9-1-7-16-8-6-12(15)10-16/h2-5,12H,1,6-10,15H2/t12-/m0/s1. The van der Waals surface area contributed by atoms with E-state index in [1.807, 2.05) is 0 Å². The number of likely N-dealkylation sites (tertiary alicyclic amines) is 1. The van der Waals surface area contributed by atoms with E-state index in [-0.39, 0.29) is 5.82 Å². The van der Waals surface area contributed by atoms with Crippen LogP contribution in [-0.2, 0) is 0 Å². The summed E-state index contributed by atoms with van der Waals surface area (Å²) in [7, 11) is 0. The monoisotopic (exact) mass is 238 g/mol. The molecule has 0 saturated carbocycles. The van der Waals surface area contributed by atoms with Crippen LogP contribution in [0.15, 0.2) is 24.3 Å². The van der Waals surface area contributed by atoms with Gasteiger partial charge >= 0.3 is 0 Å². The second-order valence-electron chi connectivity index (χ2n) is 4.51. The topological polar surface area (TPSA) is 38.5 Å². The van der Waals surface area contributed by atoms with E-state index >= 15 is 0 Å². The maximum atomic E-state index is 12.6. The summed E-state index contributed by atoms with van der Waals surface area (Å²) in [5.41, 5.74) is 5.83. The minimum Gasteiger partial charge on any atom is -0.494 e. The van der Waals surface area contributed by atoms with Gasteiger partial charge in [-0.3, -0.25) is 0 Å². The van der Waals surface area contributed by atoms with Gasteiger partial charge in [0.1, 0.15) is 11.6 Å². The van der Waals surface area contributed by atoms with Crippen LogP contribution in [0.4, 0.5) is 4.39 Å². The molecule has 1 aliphatic rings. The third-order valence-electron chi connectivity index (χ3n) is 3.01. The number of ether oxygens (including phenoxy) is 1. The Balaban J connectivity index is 1.61. The largest absolute Gasteiger partial charge is 0.494 e. The first-order chi connectivity index (χ1) is 8.24. The maximum absolute atomic E-state index is 12.6. The fraction of sp³-hybridized carbons (Fsp3) is 0.538. The number of halogens is 1. The number of hydrogen-bond acceptors (Lipinski definition) is 3. The van der Waals surface area contributed by atoms with Crippen LogP contribution < -0.4 is 10.5 Å². The molecule has 1 fully saturated rings. The third-order valence-corrected chi connectivity index (χ3v) is 3.01. The summed E-state index contributed by atoms with van der Waals surface area (Å²) in [4.78, 5) is 2.36. The average Bonchev–Trinajstić information content (AvgIpc) is 2.73. The quantitative estimate of drug-likeness (QED) is 0.792. The van der Waals surface area contributed by atoms with E-state index in [0.29, 0.717) is 12.6 Å². The van der Waals surface area contributed by atoms with Crippen molar-refractivity contribution in [3.8, 4) is 5.75 Å². The van der Waals surface area contributed by atoms with Crippen molar-refractivity contribution in [2.45, 2.75) is 18.9 Å². The Labute approximate surface area is 101 Å². The lowest BCUT2D eigenvalue weighted by Crippen LogP contribution is -2.28. The molecule has 3 nitrogen and oxygen atoms in total. The van der Waals surface area contributed by atoms with Crippen LogP contribution in [0.1, 0.15) is 12.8 Å². The summed E-state index contributed by atoms with van der Waals surface area (Å²) in [5.74, 6) is 0.493. The molecule has 0 aliphatic carbocycles. The zero-order valence-electron chi connectivity index (χ0n) is 9.94. The first-order valence-corrected chi connectivity index (χ1v) is 6.10. The molecule has 94 valence electrons. The number of nitrogens with zero attached hydrogens (tertiary/aromatic N) is 1. The smallest absolute Gasteiger partial charge is 0.123 e. The lowest BCUT2D eigenvalue weighted by molar-refractivity contribution is 0.261. The number of nitrogens with two attached hydrogens (primary N) is 1. The molecule has 4 heteroatoms. The fourth-order valence-electron chi connectivity index (χ4n) is 2.07. The minimum atomic E-state index is -0.233. The Morgan fingerprint density at radius 1 is 1.35 bits per heavy atom. The molecule has 0 amide bonds. The summed E-state index contributed by atoms with van der Waals surface area (Å²) >= 11 is 0. The predicted molar refractivity (Wildman–Crippen MR) is 65.5 cm³/mol. The molecule has 1 atom stereocenters. The Morgan fingerprint density at radius 3 is 2.76 bits per heavy atom. The van der Waals surface area contributed by atoms with E-state index in [2.05, 4.69) is 4.90 Å². The first-order valence-electron chi connectivity index (χ1n) is 6.10. The highest BCUT2D eigenvalue weighted by atomic mass is 19.1. The van der Waals surface area contributed by atoms with Crippen LogP contribution in [0.2, 0.25) is 0 Å². The van der Waals surface area contributed by atoms with Crippen LogP contribution in [0, 0.1) is 5.82 Å². The predicted octanol–water partition coefficient (Wildman–Crippen LogP) is 1.63. The van der Waals surface area contributed by atoms with Gasteiger partial charge in [0.15, 0.2) is 0 Å². The zero-order chi connectivity index (χ0) is 12.1. The summed E-state index contributed by atoms with van der Waals surface area (Å²) in [6.45, 7) is 3.78. The molecule has 2 N–H and O–H groups in total. The van der Waals surface area contributed by atoms with Crippen LogP contribution >= 0.6 is 0 Å². The molecule has 1 heterocycles. The highest BCUT2D eigenvalue weighted by molar-refractivity contribution is 5.21. The Morgan fingerprint density at radius 2 is 2.12 bits per heavy atom. The van der Waals surface area contributed by atoms with Crippen molar-refractivity contribution >= 4 is 0 Å². The second-order valence-corrected chi connectivity index (χ2v) is 4.51. The van der Waals surface area contributed by atoms with Gasteiger partial charge in [0.05, 0.1) is 6.61 Å². The molecule has 1 aromatic carbocycles. The number of hydrogen-bond donors (Lipinski definition) is 1. The molecular weight excluding hydrogens is 219 g/mol. The van der Waals surface area contributed by atoms with Crippen molar-refractivity contribution in [1.29, 1.82) is 0 Å². The fourth-order valence-corrected chi connectivity index (χ4v) is 2.07. The molecule has 0 unspecified atom stereocenters. The van der Waals surface area contributed by atoms with Crippen molar-refractivity contribution in [3.63, 3.8) is 0 Å². The van der Waals surface area contributed by atoms with Gasteiger partial charge in [-0.1, -0.05) is 0 Å². The normalized spacial score (nSPS) is 20.7. The Kier molecular flexibility index (Phi) is 4.34. The summed E-state index contributed by atoms with van der Waals surface area (Å²) < 4.78 is 18.2. The van der Waals surface area contributed by atoms with E-state index in [9.17, 15) is 4.39 Å². The van der Waals surface area contributed by atoms with Crippen molar-refractivity contribution in [3.05, 3.63) is 30.1 Å². The third kappa shape index (κ3) is 3.98. The lowest BCUT2D eigenvalue weighted by Gasteiger charge is -2.14. The van der Waals surface area contributed by atoms with Gasteiger partial charge in [0.25, 0.3) is 0 Å². The van der Waals surface area contributed by atoms with Gasteiger partial charge in [-0.05, 0) is 43.7 Å². The van der Waals surface area contributed by atoms with Gasteiger partial charge in [0.2, 0.25) is 0 Å². The Hall–Kier alpha value is -1.13. The highest BCUT2D eigenvalue weighted by Gasteiger charge is 2.17. The van der Waals surface area contributed by atoms with Gasteiger partial charge in [-0.25, -0.2) is 4.39 Å². The van der Waals surface area contributed by atoms with E-state index in [1.165, 1.54) is 12.1 Å². The van der Waals surface area contributed by atoms with Crippen LogP contribution in [-0.4, -0.2) is 37.2 Å². The molecule has 0 radical (unpaired) electrons. The van der Waals surface area contributed by atoms with E-state index in [4.69, 9.17) is 10.5 Å². The van der Waals surface area contributed by atoms with Crippen LogP contribution in [0.3, 0.4) is 0 Å². The minimum absolute atomic E-state index is 0.233.